The highest BCUT2D eigenvalue weighted by Crippen LogP contribution is 2.21. The molecule has 2 atom stereocenters. The van der Waals surface area contributed by atoms with Crippen LogP contribution >= 0.6 is 0 Å². The number of aliphatic hydroxyl groups excluding tert-OH is 1. The summed E-state index contributed by atoms with van der Waals surface area (Å²) in [5.74, 6) is 0. The van der Waals surface area contributed by atoms with Crippen LogP contribution in [0.4, 0.5) is 0 Å². The Kier molecular flexibility index (Phi) is 4.74. The lowest BCUT2D eigenvalue weighted by atomic mass is 10.1. The Morgan fingerprint density at radius 1 is 1.05 bits per heavy atom. The molecule has 110 valence electrons. The fourth-order valence-electron chi connectivity index (χ4n) is 3.51. The molecular weight excluding hydrogens is 238 g/mol. The molecule has 1 saturated carbocycles. The molecule has 3 rings (SSSR count). The molecule has 0 radical (unpaired) electrons. The van der Waals surface area contributed by atoms with E-state index in [9.17, 15) is 5.11 Å². The van der Waals surface area contributed by atoms with E-state index in [0.29, 0.717) is 6.04 Å². The molecule has 0 amide bonds. The van der Waals surface area contributed by atoms with Crippen molar-refractivity contribution in [3.63, 3.8) is 0 Å². The van der Waals surface area contributed by atoms with Gasteiger partial charge in [-0.1, -0.05) is 6.42 Å². The maximum Gasteiger partial charge on any atom is 0.0791 e. The van der Waals surface area contributed by atoms with Gasteiger partial charge in [0.15, 0.2) is 0 Å². The third kappa shape index (κ3) is 4.15. The molecule has 0 bridgehead atoms. The summed E-state index contributed by atoms with van der Waals surface area (Å²) in [5, 5.41) is 13.5. The summed E-state index contributed by atoms with van der Waals surface area (Å²) in [6.07, 6.45) is 7.87. The summed E-state index contributed by atoms with van der Waals surface area (Å²) in [5.41, 5.74) is 0. The van der Waals surface area contributed by atoms with E-state index >= 15 is 0 Å². The van der Waals surface area contributed by atoms with Gasteiger partial charge in [0.25, 0.3) is 0 Å². The zero-order valence-corrected chi connectivity index (χ0v) is 12.1. The van der Waals surface area contributed by atoms with Gasteiger partial charge in [0.1, 0.15) is 0 Å². The summed E-state index contributed by atoms with van der Waals surface area (Å²) in [7, 11) is 0. The molecule has 19 heavy (non-hydrogen) atoms. The normalized spacial score (nSPS) is 31.7. The van der Waals surface area contributed by atoms with Crippen molar-refractivity contribution in [3.05, 3.63) is 0 Å². The van der Waals surface area contributed by atoms with Crippen molar-refractivity contribution in [2.45, 2.75) is 56.7 Å². The number of hydrogen-bond donors (Lipinski definition) is 2. The number of nitrogens with zero attached hydrogens (tertiary/aromatic N) is 2. The Bertz CT molecular complexity index is 277. The maximum atomic E-state index is 10.1. The quantitative estimate of drug-likeness (QED) is 0.741. The van der Waals surface area contributed by atoms with E-state index in [1.165, 1.54) is 64.7 Å². The van der Waals surface area contributed by atoms with Gasteiger partial charge in [0, 0.05) is 31.7 Å². The lowest BCUT2D eigenvalue weighted by Crippen LogP contribution is -2.42. The van der Waals surface area contributed by atoms with Crippen LogP contribution in [-0.2, 0) is 0 Å². The first-order chi connectivity index (χ1) is 9.31. The van der Waals surface area contributed by atoms with Gasteiger partial charge in [-0.3, -0.25) is 9.80 Å². The minimum Gasteiger partial charge on any atom is -0.390 e. The molecule has 2 aliphatic heterocycles. The third-order valence-corrected chi connectivity index (χ3v) is 4.84. The molecule has 1 aliphatic carbocycles. The fraction of sp³-hybridized carbons (Fsp3) is 1.00. The molecule has 0 spiro atoms. The van der Waals surface area contributed by atoms with E-state index in [1.807, 2.05) is 0 Å². The van der Waals surface area contributed by atoms with Crippen molar-refractivity contribution in [1.29, 1.82) is 0 Å². The molecule has 0 aromatic heterocycles. The van der Waals surface area contributed by atoms with Gasteiger partial charge < -0.3 is 10.4 Å². The standard InChI is InChI=1S/C15H29N3O/c19-15(10-16-13-4-5-13)12-17-9-6-14(11-17)18-7-2-1-3-8-18/h13-16,19H,1-12H2. The van der Waals surface area contributed by atoms with E-state index < -0.39 is 0 Å². The van der Waals surface area contributed by atoms with Gasteiger partial charge >= 0.3 is 0 Å². The first-order valence-electron chi connectivity index (χ1n) is 8.19. The number of rotatable bonds is 6. The van der Waals surface area contributed by atoms with Crippen LogP contribution in [0.2, 0.25) is 0 Å². The summed E-state index contributed by atoms with van der Waals surface area (Å²) >= 11 is 0. The van der Waals surface area contributed by atoms with Crippen LogP contribution in [0, 0.1) is 0 Å². The molecule has 2 heterocycles. The van der Waals surface area contributed by atoms with Crippen LogP contribution < -0.4 is 5.32 Å². The van der Waals surface area contributed by atoms with Crippen molar-refractivity contribution >= 4 is 0 Å². The first kappa shape index (κ1) is 13.8. The fourth-order valence-corrected chi connectivity index (χ4v) is 3.51. The predicted octanol–water partition coefficient (Wildman–Crippen LogP) is 0.659. The minimum absolute atomic E-state index is 0.194. The van der Waals surface area contributed by atoms with Crippen molar-refractivity contribution in [2.24, 2.45) is 0 Å². The molecule has 2 saturated heterocycles. The van der Waals surface area contributed by atoms with Crippen LogP contribution in [0.1, 0.15) is 38.5 Å². The van der Waals surface area contributed by atoms with Gasteiger partial charge in [-0.25, -0.2) is 0 Å². The lowest BCUT2D eigenvalue weighted by Gasteiger charge is -2.32. The zero-order valence-electron chi connectivity index (χ0n) is 12.1. The molecule has 0 aromatic rings. The monoisotopic (exact) mass is 267 g/mol. The van der Waals surface area contributed by atoms with Crippen LogP contribution in [0.15, 0.2) is 0 Å². The Hall–Kier alpha value is -0.160. The SMILES string of the molecule is OC(CNC1CC1)CN1CCC(N2CCCCC2)C1. The maximum absolute atomic E-state index is 10.1. The number of aliphatic hydroxyl groups is 1. The van der Waals surface area contributed by atoms with Gasteiger partial charge in [-0.15, -0.1) is 0 Å². The molecule has 2 N–H and O–H groups in total. The van der Waals surface area contributed by atoms with Crippen molar-refractivity contribution in [1.82, 2.24) is 15.1 Å². The van der Waals surface area contributed by atoms with Crippen LogP contribution in [0.25, 0.3) is 0 Å². The van der Waals surface area contributed by atoms with Crippen molar-refractivity contribution in [2.75, 3.05) is 39.3 Å². The van der Waals surface area contributed by atoms with Gasteiger partial charge in [0.2, 0.25) is 0 Å². The average molecular weight is 267 g/mol. The highest BCUT2D eigenvalue weighted by Gasteiger charge is 2.29. The Morgan fingerprint density at radius 2 is 1.84 bits per heavy atom. The predicted molar refractivity (Wildman–Crippen MR) is 77.3 cm³/mol. The molecule has 3 fully saturated rings. The second-order valence-corrected chi connectivity index (χ2v) is 6.64. The van der Waals surface area contributed by atoms with E-state index in [1.54, 1.807) is 0 Å². The van der Waals surface area contributed by atoms with Crippen LogP contribution in [0.3, 0.4) is 0 Å². The van der Waals surface area contributed by atoms with Crippen LogP contribution in [-0.4, -0.2) is 72.4 Å². The van der Waals surface area contributed by atoms with E-state index in [-0.39, 0.29) is 6.10 Å². The Morgan fingerprint density at radius 3 is 2.58 bits per heavy atom. The van der Waals surface area contributed by atoms with E-state index in [0.717, 1.165) is 19.1 Å². The van der Waals surface area contributed by atoms with Crippen molar-refractivity contribution < 1.29 is 5.11 Å². The number of likely N-dealkylation sites (tertiary alicyclic amines) is 2. The minimum atomic E-state index is -0.194. The summed E-state index contributed by atoms with van der Waals surface area (Å²) < 4.78 is 0. The smallest absolute Gasteiger partial charge is 0.0791 e. The third-order valence-electron chi connectivity index (χ3n) is 4.84. The summed E-state index contributed by atoms with van der Waals surface area (Å²) in [6, 6.07) is 1.46. The highest BCUT2D eigenvalue weighted by molar-refractivity contribution is 4.87. The number of nitrogens with one attached hydrogen (secondary N) is 1. The largest absolute Gasteiger partial charge is 0.390 e. The van der Waals surface area contributed by atoms with Gasteiger partial charge in [-0.2, -0.15) is 0 Å². The number of β-amino-alcohol motifs (C(OH)–C–C–N with tert-alkyl or cyclic N) is 1. The Labute approximate surface area is 117 Å². The summed E-state index contributed by atoms with van der Waals surface area (Å²) in [6.45, 7) is 6.55. The molecule has 4 nitrogen and oxygen atoms in total. The molecule has 3 aliphatic rings. The van der Waals surface area contributed by atoms with E-state index in [2.05, 4.69) is 15.1 Å². The zero-order chi connectivity index (χ0) is 13.1. The number of piperidine rings is 1. The van der Waals surface area contributed by atoms with Gasteiger partial charge in [-0.05, 0) is 51.7 Å². The highest BCUT2D eigenvalue weighted by atomic mass is 16.3. The Balaban J connectivity index is 1.35. The lowest BCUT2D eigenvalue weighted by molar-refractivity contribution is 0.112. The van der Waals surface area contributed by atoms with E-state index in [4.69, 9.17) is 0 Å². The summed E-state index contributed by atoms with van der Waals surface area (Å²) in [4.78, 5) is 5.14. The van der Waals surface area contributed by atoms with Crippen molar-refractivity contribution in [3.8, 4) is 0 Å². The molecule has 4 heteroatoms. The second-order valence-electron chi connectivity index (χ2n) is 6.64. The number of hydrogen-bond acceptors (Lipinski definition) is 4. The average Bonchev–Trinajstić information content (AvgIpc) is 3.16. The topological polar surface area (TPSA) is 38.7 Å². The molecule has 2 unspecified atom stereocenters. The first-order valence-corrected chi connectivity index (χ1v) is 8.19. The molecular formula is C15H29N3O. The van der Waals surface area contributed by atoms with Gasteiger partial charge in [0.05, 0.1) is 6.10 Å². The van der Waals surface area contributed by atoms with Crippen LogP contribution in [0.5, 0.6) is 0 Å². The molecule has 0 aromatic carbocycles. The second kappa shape index (κ2) is 6.53.